The Bertz CT molecular complexity index is 303. The van der Waals surface area contributed by atoms with Crippen LogP contribution < -0.4 is 0 Å². The molecule has 0 aliphatic rings. The van der Waals surface area contributed by atoms with Gasteiger partial charge in [-0.1, -0.05) is 19.6 Å². The second-order valence-corrected chi connectivity index (χ2v) is 8.76. The van der Waals surface area contributed by atoms with Crippen molar-refractivity contribution < 1.29 is 0 Å². The lowest BCUT2D eigenvalue weighted by atomic mass is 11.0. The molecule has 2 rings (SSSR count). The van der Waals surface area contributed by atoms with E-state index in [4.69, 9.17) is 0 Å². The van der Waals surface area contributed by atoms with Crippen molar-refractivity contribution in [3.63, 3.8) is 0 Å². The fourth-order valence-corrected chi connectivity index (χ4v) is 1.80. The summed E-state index contributed by atoms with van der Waals surface area (Å²) in [6, 6.07) is 0. The van der Waals surface area contributed by atoms with Crippen molar-refractivity contribution in [2.75, 3.05) is 0 Å². The van der Waals surface area contributed by atoms with Crippen molar-refractivity contribution >= 4 is 8.24 Å². The van der Waals surface area contributed by atoms with Crippen molar-refractivity contribution in [1.82, 2.24) is 19.2 Å². The first kappa shape index (κ1) is 10.7. The zero-order valence-corrected chi connectivity index (χ0v) is 9.81. The Kier molecular flexibility index (Phi) is 3.64. The minimum Gasteiger partial charge on any atom is -0.365 e. The van der Waals surface area contributed by atoms with E-state index in [-0.39, 0.29) is 0 Å². The van der Waals surface area contributed by atoms with Crippen LogP contribution in [0.25, 0.3) is 0 Å². The third kappa shape index (κ3) is 3.57. The molecule has 0 aromatic carbocycles. The van der Waals surface area contributed by atoms with E-state index in [1.165, 1.54) is 0 Å². The topological polar surface area (TPSA) is 46.5 Å². The van der Waals surface area contributed by atoms with Gasteiger partial charge in [-0.2, -0.15) is 0 Å². The van der Waals surface area contributed by atoms with Gasteiger partial charge in [-0.05, 0) is 0 Å². The van der Waals surface area contributed by atoms with Gasteiger partial charge >= 0.3 is 0 Å². The zero-order chi connectivity index (χ0) is 10.4. The van der Waals surface area contributed by atoms with Crippen LogP contribution in [0.15, 0.2) is 37.4 Å². The molecule has 2 aromatic rings. The molecule has 0 unspecified atom stereocenters. The Morgan fingerprint density at radius 2 is 1.93 bits per heavy atom. The lowest BCUT2D eigenvalue weighted by Gasteiger charge is -2.16. The molecule has 0 radical (unpaired) electrons. The fraction of sp³-hybridized carbons (Fsp3) is 0.333. The molecule has 0 aliphatic heterocycles. The molecule has 0 fully saturated rings. The van der Waals surface area contributed by atoms with E-state index in [0.29, 0.717) is 0 Å². The molecule has 0 bridgehead atoms. The molecule has 5 heteroatoms. The van der Waals surface area contributed by atoms with E-state index < -0.39 is 8.24 Å². The van der Waals surface area contributed by atoms with Gasteiger partial charge < -0.3 is 9.22 Å². The third-order valence-electron chi connectivity index (χ3n) is 1.68. The SMILES string of the molecule is C[Si](C)(C)n1ccnc1.c1c[nH]cn1. The fourth-order valence-electron chi connectivity index (χ4n) is 0.871. The van der Waals surface area contributed by atoms with Crippen LogP contribution in [0.1, 0.15) is 0 Å². The van der Waals surface area contributed by atoms with Gasteiger partial charge in [0.25, 0.3) is 0 Å². The molecule has 0 saturated carbocycles. The van der Waals surface area contributed by atoms with Crippen LogP contribution in [0.4, 0.5) is 0 Å². The smallest absolute Gasteiger partial charge is 0.154 e. The van der Waals surface area contributed by atoms with Crippen molar-refractivity contribution in [2.45, 2.75) is 19.6 Å². The number of nitrogens with one attached hydrogen (secondary N) is 1. The molecule has 0 amide bonds. The molecule has 76 valence electrons. The first-order valence-electron chi connectivity index (χ1n) is 4.52. The molecular formula is C9H16N4Si. The van der Waals surface area contributed by atoms with E-state index in [9.17, 15) is 0 Å². The second kappa shape index (κ2) is 4.76. The Hall–Kier alpha value is -1.36. The molecular weight excluding hydrogens is 192 g/mol. The summed E-state index contributed by atoms with van der Waals surface area (Å²) in [6.07, 6.45) is 10.8. The number of H-pyrrole nitrogens is 1. The van der Waals surface area contributed by atoms with E-state index in [1.807, 2.05) is 18.7 Å². The van der Waals surface area contributed by atoms with E-state index in [2.05, 4.69) is 38.8 Å². The number of imidazole rings is 2. The molecule has 4 nitrogen and oxygen atoms in total. The average molecular weight is 208 g/mol. The quantitative estimate of drug-likeness (QED) is 0.728. The molecule has 2 aromatic heterocycles. The number of aromatic nitrogens is 4. The van der Waals surface area contributed by atoms with E-state index in [0.717, 1.165) is 0 Å². The van der Waals surface area contributed by atoms with Gasteiger partial charge in [-0.15, -0.1) is 0 Å². The average Bonchev–Trinajstić information content (AvgIpc) is 2.80. The van der Waals surface area contributed by atoms with Crippen LogP contribution in [0.2, 0.25) is 19.6 Å². The van der Waals surface area contributed by atoms with Gasteiger partial charge in [0, 0.05) is 24.8 Å². The highest BCUT2D eigenvalue weighted by atomic mass is 28.3. The first-order valence-corrected chi connectivity index (χ1v) is 7.96. The number of hydrogen-bond donors (Lipinski definition) is 1. The van der Waals surface area contributed by atoms with Crippen LogP contribution in [-0.4, -0.2) is 27.4 Å². The maximum absolute atomic E-state index is 3.99. The molecule has 2 heterocycles. The molecule has 1 N–H and O–H groups in total. The summed E-state index contributed by atoms with van der Waals surface area (Å²) < 4.78 is 2.22. The van der Waals surface area contributed by atoms with Gasteiger partial charge in [0.15, 0.2) is 8.24 Å². The summed E-state index contributed by atoms with van der Waals surface area (Å²) in [4.78, 5) is 10.4. The molecule has 0 spiro atoms. The standard InChI is InChI=1S/C6H12N2Si.C3H4N2/c1-9(2,3)8-5-4-7-6-8;1-2-5-3-4-1/h4-6H,1-3H3;1-3H,(H,4,5). The highest BCUT2D eigenvalue weighted by molar-refractivity contribution is 6.74. The lowest BCUT2D eigenvalue weighted by molar-refractivity contribution is 1.12. The summed E-state index contributed by atoms with van der Waals surface area (Å²) in [5.74, 6) is 0. The van der Waals surface area contributed by atoms with Gasteiger partial charge in [-0.3, -0.25) is 0 Å². The van der Waals surface area contributed by atoms with Crippen molar-refractivity contribution in [1.29, 1.82) is 0 Å². The lowest BCUT2D eigenvalue weighted by Crippen LogP contribution is -2.30. The highest BCUT2D eigenvalue weighted by Crippen LogP contribution is 2.03. The van der Waals surface area contributed by atoms with Gasteiger partial charge in [0.1, 0.15) is 0 Å². The second-order valence-electron chi connectivity index (χ2n) is 3.90. The van der Waals surface area contributed by atoms with Crippen molar-refractivity contribution in [2.24, 2.45) is 0 Å². The highest BCUT2D eigenvalue weighted by Gasteiger charge is 2.13. The zero-order valence-electron chi connectivity index (χ0n) is 8.81. The van der Waals surface area contributed by atoms with Gasteiger partial charge in [-0.25, -0.2) is 9.97 Å². The summed E-state index contributed by atoms with van der Waals surface area (Å²) in [7, 11) is -1.13. The monoisotopic (exact) mass is 208 g/mol. The summed E-state index contributed by atoms with van der Waals surface area (Å²) in [6.45, 7) is 6.86. The number of rotatable bonds is 1. The van der Waals surface area contributed by atoms with Crippen LogP contribution in [0.5, 0.6) is 0 Å². The summed E-state index contributed by atoms with van der Waals surface area (Å²) in [5.41, 5.74) is 0. The Balaban J connectivity index is 0.000000165. The van der Waals surface area contributed by atoms with E-state index >= 15 is 0 Å². The van der Waals surface area contributed by atoms with E-state index in [1.54, 1.807) is 18.7 Å². The Morgan fingerprint density at radius 1 is 1.14 bits per heavy atom. The number of aromatic amines is 1. The summed E-state index contributed by atoms with van der Waals surface area (Å²) >= 11 is 0. The summed E-state index contributed by atoms with van der Waals surface area (Å²) in [5, 5.41) is 0. The third-order valence-corrected chi connectivity index (χ3v) is 3.50. The van der Waals surface area contributed by atoms with Crippen LogP contribution in [0, 0.1) is 0 Å². The normalized spacial score (nSPS) is 10.5. The first-order chi connectivity index (χ1) is 6.61. The van der Waals surface area contributed by atoms with Crippen LogP contribution in [-0.2, 0) is 0 Å². The molecule has 0 aliphatic carbocycles. The maximum atomic E-state index is 3.99. The van der Waals surface area contributed by atoms with Gasteiger partial charge in [0.2, 0.25) is 0 Å². The Labute approximate surface area is 85.1 Å². The largest absolute Gasteiger partial charge is 0.365 e. The van der Waals surface area contributed by atoms with Crippen molar-refractivity contribution in [3.05, 3.63) is 37.4 Å². The minimum atomic E-state index is -1.13. The molecule has 0 atom stereocenters. The Morgan fingerprint density at radius 3 is 2.14 bits per heavy atom. The predicted octanol–water partition coefficient (Wildman–Crippen LogP) is 1.98. The minimum absolute atomic E-state index is 1.13. The predicted molar refractivity (Wildman–Crippen MR) is 59.6 cm³/mol. The maximum Gasteiger partial charge on any atom is 0.154 e. The van der Waals surface area contributed by atoms with Crippen LogP contribution in [0.3, 0.4) is 0 Å². The van der Waals surface area contributed by atoms with Crippen molar-refractivity contribution in [3.8, 4) is 0 Å². The number of hydrogen-bond acceptors (Lipinski definition) is 2. The van der Waals surface area contributed by atoms with Gasteiger partial charge in [0.05, 0.1) is 12.7 Å². The van der Waals surface area contributed by atoms with Crippen LogP contribution >= 0.6 is 0 Å². The molecule has 0 saturated heterocycles. The molecule has 14 heavy (non-hydrogen) atoms. The number of nitrogens with zero attached hydrogens (tertiary/aromatic N) is 3.